The number of nitrogens with zero attached hydrogens (tertiary/aromatic N) is 2. The smallest absolute Gasteiger partial charge is 0.233 e. The number of amides is 2. The number of thiophene rings is 1. The molecule has 7 heteroatoms. The van der Waals surface area contributed by atoms with Crippen molar-refractivity contribution >= 4 is 40.2 Å². The highest BCUT2D eigenvalue weighted by atomic mass is 32.1. The lowest BCUT2D eigenvalue weighted by Crippen LogP contribution is -2.47. The van der Waals surface area contributed by atoms with Gasteiger partial charge < -0.3 is 10.2 Å². The van der Waals surface area contributed by atoms with Crippen LogP contribution in [0.25, 0.3) is 10.6 Å². The third-order valence-corrected chi connectivity index (χ3v) is 7.45. The van der Waals surface area contributed by atoms with Crippen molar-refractivity contribution in [1.29, 1.82) is 0 Å². The highest BCUT2D eigenvalue weighted by Gasteiger charge is 2.37. The molecule has 31 heavy (non-hydrogen) atoms. The van der Waals surface area contributed by atoms with Crippen LogP contribution in [-0.2, 0) is 16.0 Å². The highest BCUT2D eigenvalue weighted by Crippen LogP contribution is 2.39. The quantitative estimate of drug-likeness (QED) is 0.555. The van der Waals surface area contributed by atoms with E-state index in [1.807, 2.05) is 59.8 Å². The normalized spacial score (nSPS) is 19.0. The summed E-state index contributed by atoms with van der Waals surface area (Å²) in [6.45, 7) is 6.10. The van der Waals surface area contributed by atoms with Crippen LogP contribution in [0.5, 0.6) is 0 Å². The molecule has 1 aliphatic rings. The summed E-state index contributed by atoms with van der Waals surface area (Å²) >= 11 is 3.21. The van der Waals surface area contributed by atoms with Gasteiger partial charge in [-0.3, -0.25) is 9.59 Å². The number of nitrogens with one attached hydrogen (secondary N) is 1. The van der Waals surface area contributed by atoms with Crippen LogP contribution in [0, 0.1) is 0 Å². The van der Waals surface area contributed by atoms with Crippen LogP contribution in [0.3, 0.4) is 0 Å². The number of carbonyl (C=O) groups is 2. The van der Waals surface area contributed by atoms with Crippen molar-refractivity contribution in [3.05, 3.63) is 57.7 Å². The molecule has 2 aromatic heterocycles. The highest BCUT2D eigenvalue weighted by molar-refractivity contribution is 7.14. The average Bonchev–Trinajstić information content (AvgIpc) is 3.44. The van der Waals surface area contributed by atoms with Gasteiger partial charge in [0.25, 0.3) is 0 Å². The van der Waals surface area contributed by atoms with Gasteiger partial charge in [0.2, 0.25) is 11.8 Å². The van der Waals surface area contributed by atoms with Crippen molar-refractivity contribution < 1.29 is 9.59 Å². The minimum atomic E-state index is -0.242. The molecule has 5 nitrogen and oxygen atoms in total. The third kappa shape index (κ3) is 4.57. The predicted molar refractivity (Wildman–Crippen MR) is 128 cm³/mol. The first-order valence-electron chi connectivity index (χ1n) is 10.7. The van der Waals surface area contributed by atoms with Gasteiger partial charge >= 0.3 is 0 Å². The van der Waals surface area contributed by atoms with Crippen molar-refractivity contribution in [2.75, 3.05) is 4.90 Å². The van der Waals surface area contributed by atoms with Gasteiger partial charge in [-0.15, -0.1) is 11.3 Å². The fourth-order valence-electron chi connectivity index (χ4n) is 4.03. The van der Waals surface area contributed by atoms with E-state index >= 15 is 0 Å². The molecule has 0 unspecified atom stereocenters. The van der Waals surface area contributed by atoms with Crippen molar-refractivity contribution in [2.45, 2.75) is 58.0 Å². The number of hydrogen-bond acceptors (Lipinski definition) is 5. The molecule has 0 fully saturated rings. The summed E-state index contributed by atoms with van der Waals surface area (Å²) in [5.41, 5.74) is 3.65. The third-order valence-electron chi connectivity index (χ3n) is 5.83. The number of anilines is 1. The summed E-state index contributed by atoms with van der Waals surface area (Å²) in [7, 11) is 0. The maximum Gasteiger partial charge on any atom is 0.233 e. The molecule has 2 amide bonds. The standard InChI is InChI=1S/C24H27N3O2S2/c1-4-15(2)25-23(29)20-11-16(3)27(21-8-6-5-7-19(20)21)22(28)12-18-14-31-24(26-18)17-9-10-30-13-17/h5-10,13-16,20H,4,11-12H2,1-3H3,(H,25,29)/t15-,16-,20+/m0/s1. The van der Waals surface area contributed by atoms with E-state index in [2.05, 4.69) is 22.6 Å². The number of hydrogen-bond donors (Lipinski definition) is 1. The molecule has 4 rings (SSSR count). The second kappa shape index (κ2) is 9.32. The first-order chi connectivity index (χ1) is 15.0. The van der Waals surface area contributed by atoms with Crippen LogP contribution in [0.2, 0.25) is 0 Å². The Morgan fingerprint density at radius 3 is 2.81 bits per heavy atom. The zero-order chi connectivity index (χ0) is 22.0. The lowest BCUT2D eigenvalue weighted by atomic mass is 9.85. The van der Waals surface area contributed by atoms with Gasteiger partial charge in [-0.1, -0.05) is 25.1 Å². The first-order valence-corrected chi connectivity index (χ1v) is 12.5. The summed E-state index contributed by atoms with van der Waals surface area (Å²) in [6.07, 6.45) is 1.76. The van der Waals surface area contributed by atoms with Crippen LogP contribution < -0.4 is 10.2 Å². The molecule has 1 aliphatic heterocycles. The number of fused-ring (bicyclic) bond motifs is 1. The molecular formula is C24H27N3O2S2. The number of aromatic nitrogens is 1. The van der Waals surface area contributed by atoms with Crippen LogP contribution in [-0.4, -0.2) is 28.9 Å². The largest absolute Gasteiger partial charge is 0.353 e. The van der Waals surface area contributed by atoms with Crippen molar-refractivity contribution in [2.24, 2.45) is 0 Å². The zero-order valence-electron chi connectivity index (χ0n) is 18.0. The topological polar surface area (TPSA) is 62.3 Å². The van der Waals surface area contributed by atoms with Crippen molar-refractivity contribution in [3.8, 4) is 10.6 Å². The van der Waals surface area contributed by atoms with Gasteiger partial charge in [0.1, 0.15) is 5.01 Å². The number of rotatable bonds is 6. The van der Waals surface area contributed by atoms with E-state index in [0.29, 0.717) is 6.42 Å². The van der Waals surface area contributed by atoms with Gasteiger partial charge in [-0.25, -0.2) is 4.98 Å². The number of para-hydroxylation sites is 1. The molecule has 3 aromatic rings. The maximum absolute atomic E-state index is 13.3. The molecule has 1 aromatic carbocycles. The monoisotopic (exact) mass is 453 g/mol. The van der Waals surface area contributed by atoms with E-state index in [4.69, 9.17) is 0 Å². The summed E-state index contributed by atoms with van der Waals surface area (Å²) in [5.74, 6) is -0.183. The Morgan fingerprint density at radius 1 is 1.26 bits per heavy atom. The van der Waals surface area contributed by atoms with E-state index in [-0.39, 0.29) is 36.2 Å². The second-order valence-corrected chi connectivity index (χ2v) is 9.75. The molecule has 3 atom stereocenters. The van der Waals surface area contributed by atoms with Crippen LogP contribution >= 0.6 is 22.7 Å². The summed E-state index contributed by atoms with van der Waals surface area (Å²) in [4.78, 5) is 32.8. The lowest BCUT2D eigenvalue weighted by molar-refractivity contribution is -0.124. The molecule has 0 bridgehead atoms. The SMILES string of the molecule is CC[C@H](C)NC(=O)[C@@H]1C[C@H](C)N(C(=O)Cc2csc(-c3ccsc3)n2)c2ccccc21. The predicted octanol–water partition coefficient (Wildman–Crippen LogP) is 5.24. The minimum absolute atomic E-state index is 0.0166. The Kier molecular flexibility index (Phi) is 6.53. The number of benzene rings is 1. The van der Waals surface area contributed by atoms with Crippen molar-refractivity contribution in [1.82, 2.24) is 10.3 Å². The number of thiazole rings is 1. The Morgan fingerprint density at radius 2 is 2.06 bits per heavy atom. The van der Waals surface area contributed by atoms with Crippen molar-refractivity contribution in [3.63, 3.8) is 0 Å². The van der Waals surface area contributed by atoms with Gasteiger partial charge in [-0.05, 0) is 49.8 Å². The molecule has 0 aliphatic carbocycles. The summed E-state index contributed by atoms with van der Waals surface area (Å²) in [6, 6.07) is 9.90. The molecule has 1 N–H and O–H groups in total. The average molecular weight is 454 g/mol. The van der Waals surface area contributed by atoms with E-state index in [9.17, 15) is 9.59 Å². The Labute approximate surface area is 191 Å². The van der Waals surface area contributed by atoms with Gasteiger partial charge in [0, 0.05) is 34.1 Å². The Hall–Kier alpha value is -2.51. The van der Waals surface area contributed by atoms with E-state index in [1.165, 1.54) is 0 Å². The lowest BCUT2D eigenvalue weighted by Gasteiger charge is -2.39. The maximum atomic E-state index is 13.3. The molecule has 0 radical (unpaired) electrons. The fraction of sp³-hybridized carbons (Fsp3) is 0.375. The molecule has 0 saturated carbocycles. The van der Waals surface area contributed by atoms with Gasteiger partial charge in [0.15, 0.2) is 0 Å². The van der Waals surface area contributed by atoms with E-state index in [1.54, 1.807) is 22.7 Å². The number of carbonyl (C=O) groups excluding carboxylic acids is 2. The Balaban J connectivity index is 1.56. The van der Waals surface area contributed by atoms with E-state index in [0.717, 1.165) is 33.9 Å². The summed E-state index contributed by atoms with van der Waals surface area (Å²) < 4.78 is 0. The van der Waals surface area contributed by atoms with Crippen LogP contribution in [0.4, 0.5) is 5.69 Å². The molecular weight excluding hydrogens is 426 g/mol. The molecule has 162 valence electrons. The van der Waals surface area contributed by atoms with Crippen LogP contribution in [0.1, 0.15) is 50.8 Å². The molecule has 0 spiro atoms. The van der Waals surface area contributed by atoms with Crippen LogP contribution in [0.15, 0.2) is 46.5 Å². The zero-order valence-corrected chi connectivity index (χ0v) is 19.6. The van der Waals surface area contributed by atoms with E-state index < -0.39 is 0 Å². The minimum Gasteiger partial charge on any atom is -0.353 e. The second-order valence-electron chi connectivity index (χ2n) is 8.11. The molecule has 3 heterocycles. The Bertz CT molecular complexity index is 1060. The van der Waals surface area contributed by atoms with Gasteiger partial charge in [-0.2, -0.15) is 11.3 Å². The van der Waals surface area contributed by atoms with Gasteiger partial charge in [0.05, 0.1) is 18.0 Å². The summed E-state index contributed by atoms with van der Waals surface area (Å²) in [5, 5.41) is 10.1. The molecule has 0 saturated heterocycles. The first kappa shape index (κ1) is 21.7. The fourth-order valence-corrected chi connectivity index (χ4v) is 5.57.